The topological polar surface area (TPSA) is 54.0 Å². The summed E-state index contributed by atoms with van der Waals surface area (Å²) in [4.78, 5) is 11.4. The monoisotopic (exact) mass is 570 g/mol. The summed E-state index contributed by atoms with van der Waals surface area (Å²) in [5, 5.41) is 0. The Morgan fingerprint density at radius 3 is 1.23 bits per heavy atom. The van der Waals surface area contributed by atoms with Gasteiger partial charge in [-0.15, -0.1) is 0 Å². The summed E-state index contributed by atoms with van der Waals surface area (Å²) in [6.45, 7) is 14.9. The Morgan fingerprint density at radius 1 is 0.513 bits per heavy atom. The van der Waals surface area contributed by atoms with Crippen LogP contribution >= 0.6 is 0 Å². The molecule has 0 bridgehead atoms. The van der Waals surface area contributed by atoms with Crippen LogP contribution in [0, 0.1) is 0 Å². The Labute approximate surface area is 244 Å². The molecule has 0 unspecified atom stereocenters. The fourth-order valence-electron chi connectivity index (χ4n) is 4.58. The highest BCUT2D eigenvalue weighted by atomic mass is 28.4. The molecule has 0 aromatic heterocycles. The smallest absolute Gasteiger partial charge is 0.462 e. The molecule has 0 aromatic rings. The number of hydrogen-bond acceptors (Lipinski definition) is 5. The second-order valence-electron chi connectivity index (χ2n) is 11.3. The van der Waals surface area contributed by atoms with Crippen molar-refractivity contribution in [2.75, 3.05) is 26.4 Å². The molecular formula is C33H66O5Si. The van der Waals surface area contributed by atoms with Crippen LogP contribution in [-0.2, 0) is 22.8 Å². The highest BCUT2D eigenvalue weighted by Crippen LogP contribution is 2.23. The molecule has 0 rings (SSSR count). The average Bonchev–Trinajstić information content (AvgIpc) is 2.93. The summed E-state index contributed by atoms with van der Waals surface area (Å²) in [5.74, 6) is -0.271. The fourth-order valence-corrected chi connectivity index (χ4v) is 7.31. The van der Waals surface area contributed by atoms with E-state index in [4.69, 9.17) is 18.0 Å². The second-order valence-corrected chi connectivity index (χ2v) is 14.0. The van der Waals surface area contributed by atoms with Crippen LogP contribution in [0.1, 0.15) is 163 Å². The molecule has 0 saturated carbocycles. The molecule has 0 radical (unpaired) electrons. The standard InChI is InChI=1S/C33H66O5Si/c1-6-9-12-23-28-36-39(37-29-24-13-10-7-2,38-30-25-14-11-8-3)31-26-21-19-17-15-16-18-20-22-27-35-33(34)32(4)5/h4,6-31H2,1-3,5H3. The Hall–Kier alpha value is -0.693. The molecule has 0 aliphatic carbocycles. The lowest BCUT2D eigenvalue weighted by atomic mass is 10.1. The largest absolute Gasteiger partial charge is 0.500 e. The minimum absolute atomic E-state index is 0.271. The van der Waals surface area contributed by atoms with Gasteiger partial charge >= 0.3 is 14.8 Å². The van der Waals surface area contributed by atoms with Gasteiger partial charge in [-0.1, -0.05) is 130 Å². The van der Waals surface area contributed by atoms with Crippen LogP contribution < -0.4 is 0 Å². The summed E-state index contributed by atoms with van der Waals surface area (Å²) in [6, 6.07) is 0.964. The number of ether oxygens (including phenoxy) is 1. The molecule has 0 heterocycles. The van der Waals surface area contributed by atoms with E-state index in [0.717, 1.165) is 64.4 Å². The Balaban J connectivity index is 4.44. The van der Waals surface area contributed by atoms with Gasteiger partial charge in [-0.2, -0.15) is 0 Å². The molecule has 0 aliphatic heterocycles. The average molecular weight is 571 g/mol. The van der Waals surface area contributed by atoms with E-state index in [1.54, 1.807) is 6.92 Å². The van der Waals surface area contributed by atoms with Crippen LogP contribution in [0.4, 0.5) is 0 Å². The molecule has 0 atom stereocenters. The van der Waals surface area contributed by atoms with Crippen molar-refractivity contribution in [3.05, 3.63) is 12.2 Å². The Kier molecular flexibility index (Phi) is 28.3. The van der Waals surface area contributed by atoms with Gasteiger partial charge in [0.05, 0.1) is 6.61 Å². The summed E-state index contributed by atoms with van der Waals surface area (Å²) >= 11 is 0. The maximum atomic E-state index is 11.4. The van der Waals surface area contributed by atoms with Gasteiger partial charge in [-0.3, -0.25) is 0 Å². The van der Waals surface area contributed by atoms with E-state index >= 15 is 0 Å². The summed E-state index contributed by atoms with van der Waals surface area (Å²) < 4.78 is 24.9. The van der Waals surface area contributed by atoms with Crippen molar-refractivity contribution in [2.24, 2.45) is 0 Å². The van der Waals surface area contributed by atoms with E-state index in [2.05, 4.69) is 27.4 Å². The molecule has 0 amide bonds. The molecule has 0 saturated heterocycles. The fraction of sp³-hybridized carbons (Fsp3) is 0.909. The van der Waals surface area contributed by atoms with Crippen LogP contribution in [0.2, 0.25) is 6.04 Å². The zero-order valence-electron chi connectivity index (χ0n) is 26.6. The molecule has 0 spiro atoms. The molecule has 0 aromatic carbocycles. The lowest BCUT2D eigenvalue weighted by molar-refractivity contribution is -0.139. The number of carbonyl (C=O) groups is 1. The highest BCUT2D eigenvalue weighted by Gasteiger charge is 2.40. The number of hydrogen-bond donors (Lipinski definition) is 0. The molecule has 5 nitrogen and oxygen atoms in total. The predicted octanol–water partition coefficient (Wildman–Crippen LogP) is 10.3. The van der Waals surface area contributed by atoms with Crippen LogP contribution in [0.3, 0.4) is 0 Å². The van der Waals surface area contributed by atoms with Gasteiger partial charge in [0.25, 0.3) is 0 Å². The zero-order valence-corrected chi connectivity index (χ0v) is 27.6. The minimum Gasteiger partial charge on any atom is -0.462 e. The molecule has 0 N–H and O–H groups in total. The van der Waals surface area contributed by atoms with E-state index in [1.165, 1.54) is 96.3 Å². The quantitative estimate of drug-likeness (QED) is 0.0359. The lowest BCUT2D eigenvalue weighted by Crippen LogP contribution is -2.46. The van der Waals surface area contributed by atoms with Gasteiger partial charge in [0.1, 0.15) is 0 Å². The molecular weight excluding hydrogens is 504 g/mol. The maximum Gasteiger partial charge on any atom is 0.500 e. The van der Waals surface area contributed by atoms with Gasteiger partial charge in [-0.05, 0) is 39.0 Å². The van der Waals surface area contributed by atoms with Crippen LogP contribution in [-0.4, -0.2) is 41.2 Å². The number of rotatable bonds is 31. The van der Waals surface area contributed by atoms with E-state index < -0.39 is 8.80 Å². The maximum absolute atomic E-state index is 11.4. The van der Waals surface area contributed by atoms with E-state index in [9.17, 15) is 4.79 Å². The predicted molar refractivity (Wildman–Crippen MR) is 168 cm³/mol. The van der Waals surface area contributed by atoms with E-state index in [1.807, 2.05) is 0 Å². The summed E-state index contributed by atoms with van der Waals surface area (Å²) in [7, 11) is -2.63. The van der Waals surface area contributed by atoms with E-state index in [0.29, 0.717) is 12.2 Å². The summed E-state index contributed by atoms with van der Waals surface area (Å²) in [6.07, 6.45) is 25.3. The van der Waals surface area contributed by atoms with Crippen LogP contribution in [0.15, 0.2) is 12.2 Å². The molecule has 232 valence electrons. The first kappa shape index (κ1) is 38.3. The SMILES string of the molecule is C=C(C)C(=O)OCCCCCCCCCCC[Si](OCCCCCC)(OCCCCCC)OCCCCCC. The first-order valence-electron chi connectivity index (χ1n) is 16.8. The van der Waals surface area contributed by atoms with Crippen molar-refractivity contribution in [3.63, 3.8) is 0 Å². The van der Waals surface area contributed by atoms with Gasteiger partial charge in [0.15, 0.2) is 0 Å². The Morgan fingerprint density at radius 2 is 0.846 bits per heavy atom. The molecule has 0 fully saturated rings. The number of unbranched alkanes of at least 4 members (excludes halogenated alkanes) is 17. The van der Waals surface area contributed by atoms with Crippen molar-refractivity contribution in [2.45, 2.75) is 169 Å². The number of carbonyl (C=O) groups excluding carboxylic acids is 1. The van der Waals surface area contributed by atoms with Crippen molar-refractivity contribution in [1.82, 2.24) is 0 Å². The zero-order chi connectivity index (χ0) is 28.9. The van der Waals surface area contributed by atoms with E-state index in [-0.39, 0.29) is 5.97 Å². The highest BCUT2D eigenvalue weighted by molar-refractivity contribution is 6.60. The van der Waals surface area contributed by atoms with Gasteiger partial charge in [0.2, 0.25) is 0 Å². The molecule has 6 heteroatoms. The first-order chi connectivity index (χ1) is 19.0. The van der Waals surface area contributed by atoms with Crippen molar-refractivity contribution in [3.8, 4) is 0 Å². The normalized spacial score (nSPS) is 11.7. The lowest BCUT2D eigenvalue weighted by Gasteiger charge is -2.30. The van der Waals surface area contributed by atoms with Gasteiger partial charge in [-0.25, -0.2) is 4.79 Å². The van der Waals surface area contributed by atoms with Crippen LogP contribution in [0.5, 0.6) is 0 Å². The molecule has 0 aliphatic rings. The van der Waals surface area contributed by atoms with Crippen molar-refractivity contribution >= 4 is 14.8 Å². The van der Waals surface area contributed by atoms with Crippen molar-refractivity contribution in [1.29, 1.82) is 0 Å². The molecule has 39 heavy (non-hydrogen) atoms. The third-order valence-corrected chi connectivity index (χ3v) is 10.1. The third kappa shape index (κ3) is 24.8. The van der Waals surface area contributed by atoms with Gasteiger partial charge in [0, 0.05) is 31.4 Å². The second kappa shape index (κ2) is 28.8. The summed E-state index contributed by atoms with van der Waals surface area (Å²) in [5.41, 5.74) is 0.477. The van der Waals surface area contributed by atoms with Crippen molar-refractivity contribution < 1.29 is 22.8 Å². The first-order valence-corrected chi connectivity index (χ1v) is 18.7. The third-order valence-electron chi connectivity index (χ3n) is 7.17. The number of esters is 1. The Bertz CT molecular complexity index is 518. The van der Waals surface area contributed by atoms with Crippen LogP contribution in [0.25, 0.3) is 0 Å². The van der Waals surface area contributed by atoms with Gasteiger partial charge < -0.3 is 18.0 Å². The minimum atomic E-state index is -2.63.